The molecule has 0 saturated carbocycles. The van der Waals surface area contributed by atoms with Crippen molar-refractivity contribution in [2.75, 3.05) is 23.0 Å². The van der Waals surface area contributed by atoms with Crippen molar-refractivity contribution in [1.29, 1.82) is 0 Å². The second-order valence-corrected chi connectivity index (χ2v) is 4.45. The number of benzene rings is 2. The van der Waals surface area contributed by atoms with Crippen LogP contribution in [0.3, 0.4) is 0 Å². The van der Waals surface area contributed by atoms with Crippen LogP contribution in [0.5, 0.6) is 0 Å². The molecule has 19 heavy (non-hydrogen) atoms. The summed E-state index contributed by atoms with van der Waals surface area (Å²) in [5.41, 5.74) is 8.98. The molecule has 0 spiro atoms. The molecule has 0 aliphatic carbocycles. The van der Waals surface area contributed by atoms with Gasteiger partial charge in [-0.05, 0) is 42.8 Å². The van der Waals surface area contributed by atoms with E-state index in [1.54, 1.807) is 19.2 Å². The maximum atomic E-state index is 12.1. The fourth-order valence-electron chi connectivity index (χ4n) is 1.78. The summed E-state index contributed by atoms with van der Waals surface area (Å²) in [5.74, 6) is 0. The van der Waals surface area contributed by atoms with Crippen LogP contribution in [0.1, 0.15) is 5.56 Å². The second-order valence-electron chi connectivity index (χ2n) is 4.45. The third-order valence-electron chi connectivity index (χ3n) is 2.83. The molecule has 0 unspecified atom stereocenters. The molecule has 2 aromatic rings. The van der Waals surface area contributed by atoms with Gasteiger partial charge in [0.1, 0.15) is 0 Å². The van der Waals surface area contributed by atoms with E-state index in [0.717, 1.165) is 16.9 Å². The number of carbonyl (C=O) groups excluding carboxylic acids is 1. The highest BCUT2D eigenvalue weighted by molar-refractivity contribution is 6.01. The van der Waals surface area contributed by atoms with E-state index in [1.807, 2.05) is 43.3 Å². The maximum absolute atomic E-state index is 12.1. The standard InChI is InChI=1S/C15H17N3O/c1-11-5-3-7-13(9-11)17-15(19)18(2)14-8-4-6-12(16)10-14/h3-10H,16H2,1-2H3,(H,17,19). The van der Waals surface area contributed by atoms with Crippen LogP contribution >= 0.6 is 0 Å². The summed E-state index contributed by atoms with van der Waals surface area (Å²) >= 11 is 0. The second kappa shape index (κ2) is 5.44. The van der Waals surface area contributed by atoms with E-state index < -0.39 is 0 Å². The molecule has 0 aromatic heterocycles. The largest absolute Gasteiger partial charge is 0.399 e. The Balaban J connectivity index is 2.12. The molecule has 0 bridgehead atoms. The number of urea groups is 1. The van der Waals surface area contributed by atoms with Gasteiger partial charge in [-0.3, -0.25) is 4.90 Å². The van der Waals surface area contributed by atoms with Gasteiger partial charge in [-0.15, -0.1) is 0 Å². The number of anilines is 3. The first-order chi connectivity index (χ1) is 9.06. The number of aryl methyl sites for hydroxylation is 1. The van der Waals surface area contributed by atoms with Crippen molar-refractivity contribution >= 4 is 23.1 Å². The number of nitrogens with one attached hydrogen (secondary N) is 1. The minimum atomic E-state index is -0.198. The van der Waals surface area contributed by atoms with Crippen LogP contribution < -0.4 is 16.0 Å². The fourth-order valence-corrected chi connectivity index (χ4v) is 1.78. The van der Waals surface area contributed by atoms with Gasteiger partial charge in [0.05, 0.1) is 0 Å². The zero-order chi connectivity index (χ0) is 13.8. The quantitative estimate of drug-likeness (QED) is 0.809. The van der Waals surface area contributed by atoms with Crippen molar-refractivity contribution in [1.82, 2.24) is 0 Å². The number of carbonyl (C=O) groups is 1. The Morgan fingerprint density at radius 3 is 2.58 bits per heavy atom. The van der Waals surface area contributed by atoms with E-state index in [0.29, 0.717) is 5.69 Å². The third-order valence-corrected chi connectivity index (χ3v) is 2.83. The average Bonchev–Trinajstić information content (AvgIpc) is 2.38. The minimum absolute atomic E-state index is 0.198. The summed E-state index contributed by atoms with van der Waals surface area (Å²) in [6.45, 7) is 1.98. The van der Waals surface area contributed by atoms with Crippen LogP contribution in [0.15, 0.2) is 48.5 Å². The highest BCUT2D eigenvalue weighted by Crippen LogP contribution is 2.17. The molecule has 4 heteroatoms. The summed E-state index contributed by atoms with van der Waals surface area (Å²) in [6, 6.07) is 14.7. The molecule has 3 N–H and O–H groups in total. The van der Waals surface area contributed by atoms with Crippen molar-refractivity contribution in [3.8, 4) is 0 Å². The van der Waals surface area contributed by atoms with Crippen molar-refractivity contribution in [2.24, 2.45) is 0 Å². The number of hydrogen-bond donors (Lipinski definition) is 2. The molecular formula is C15H17N3O. The molecule has 4 nitrogen and oxygen atoms in total. The number of amides is 2. The predicted molar refractivity (Wildman–Crippen MR) is 79.5 cm³/mol. The highest BCUT2D eigenvalue weighted by Gasteiger charge is 2.10. The van der Waals surface area contributed by atoms with Crippen molar-refractivity contribution in [3.05, 3.63) is 54.1 Å². The monoisotopic (exact) mass is 255 g/mol. The van der Waals surface area contributed by atoms with Gasteiger partial charge >= 0.3 is 6.03 Å². The van der Waals surface area contributed by atoms with Crippen molar-refractivity contribution in [2.45, 2.75) is 6.92 Å². The lowest BCUT2D eigenvalue weighted by molar-refractivity contribution is 0.258. The van der Waals surface area contributed by atoms with Crippen LogP contribution in [-0.4, -0.2) is 13.1 Å². The van der Waals surface area contributed by atoms with E-state index in [9.17, 15) is 4.79 Å². The Labute approximate surface area is 112 Å². The van der Waals surface area contributed by atoms with Gasteiger partial charge in [-0.2, -0.15) is 0 Å². The van der Waals surface area contributed by atoms with Crippen LogP contribution in [0.2, 0.25) is 0 Å². The van der Waals surface area contributed by atoms with E-state index in [4.69, 9.17) is 5.73 Å². The molecule has 0 aliphatic heterocycles. The number of nitrogen functional groups attached to an aromatic ring is 1. The normalized spacial score (nSPS) is 10.0. The lowest BCUT2D eigenvalue weighted by atomic mass is 10.2. The molecule has 0 fully saturated rings. The van der Waals surface area contributed by atoms with Gasteiger partial charge in [-0.1, -0.05) is 18.2 Å². The van der Waals surface area contributed by atoms with E-state index in [2.05, 4.69) is 5.32 Å². The number of hydrogen-bond acceptors (Lipinski definition) is 2. The topological polar surface area (TPSA) is 58.4 Å². The van der Waals surface area contributed by atoms with Crippen LogP contribution in [0, 0.1) is 6.92 Å². The van der Waals surface area contributed by atoms with Gasteiger partial charge in [0.2, 0.25) is 0 Å². The summed E-state index contributed by atoms with van der Waals surface area (Å²) in [7, 11) is 1.71. The third kappa shape index (κ3) is 3.25. The number of nitrogens with zero attached hydrogens (tertiary/aromatic N) is 1. The Bertz CT molecular complexity index is 595. The lowest BCUT2D eigenvalue weighted by Gasteiger charge is -2.18. The summed E-state index contributed by atoms with van der Waals surface area (Å²) in [6.07, 6.45) is 0. The molecule has 98 valence electrons. The van der Waals surface area contributed by atoms with Crippen molar-refractivity contribution in [3.63, 3.8) is 0 Å². The molecule has 0 atom stereocenters. The molecule has 2 aromatic carbocycles. The summed E-state index contributed by atoms with van der Waals surface area (Å²) < 4.78 is 0. The predicted octanol–water partition coefficient (Wildman–Crippen LogP) is 3.25. The average molecular weight is 255 g/mol. The fraction of sp³-hybridized carbons (Fsp3) is 0.133. The molecule has 2 rings (SSSR count). The van der Waals surface area contributed by atoms with E-state index >= 15 is 0 Å². The number of nitrogens with two attached hydrogens (primary N) is 1. The molecule has 0 radical (unpaired) electrons. The zero-order valence-electron chi connectivity index (χ0n) is 11.1. The van der Waals surface area contributed by atoms with Crippen LogP contribution in [0.25, 0.3) is 0 Å². The first-order valence-corrected chi connectivity index (χ1v) is 6.03. The Hall–Kier alpha value is -2.49. The summed E-state index contributed by atoms with van der Waals surface area (Å²) in [4.78, 5) is 13.6. The van der Waals surface area contributed by atoms with Gasteiger partial charge in [-0.25, -0.2) is 4.79 Å². The Morgan fingerprint density at radius 2 is 1.89 bits per heavy atom. The molecule has 0 saturated heterocycles. The molecule has 2 amide bonds. The lowest BCUT2D eigenvalue weighted by Crippen LogP contribution is -2.31. The molecular weight excluding hydrogens is 238 g/mol. The molecule has 0 aliphatic rings. The SMILES string of the molecule is Cc1cccc(NC(=O)N(C)c2cccc(N)c2)c1. The van der Waals surface area contributed by atoms with Gasteiger partial charge in [0.15, 0.2) is 0 Å². The van der Waals surface area contributed by atoms with Gasteiger partial charge < -0.3 is 11.1 Å². The van der Waals surface area contributed by atoms with E-state index in [-0.39, 0.29) is 6.03 Å². The summed E-state index contributed by atoms with van der Waals surface area (Å²) in [5, 5.41) is 2.85. The maximum Gasteiger partial charge on any atom is 0.326 e. The Kier molecular flexibility index (Phi) is 3.71. The first kappa shape index (κ1) is 13.0. The minimum Gasteiger partial charge on any atom is -0.399 e. The van der Waals surface area contributed by atoms with Gasteiger partial charge in [0, 0.05) is 24.1 Å². The van der Waals surface area contributed by atoms with Gasteiger partial charge in [0.25, 0.3) is 0 Å². The van der Waals surface area contributed by atoms with Crippen LogP contribution in [-0.2, 0) is 0 Å². The zero-order valence-corrected chi connectivity index (χ0v) is 11.1. The van der Waals surface area contributed by atoms with E-state index in [1.165, 1.54) is 4.90 Å². The highest BCUT2D eigenvalue weighted by atomic mass is 16.2. The Morgan fingerprint density at radius 1 is 1.16 bits per heavy atom. The molecule has 0 heterocycles. The van der Waals surface area contributed by atoms with Crippen molar-refractivity contribution < 1.29 is 4.79 Å². The first-order valence-electron chi connectivity index (χ1n) is 6.03. The number of rotatable bonds is 2. The smallest absolute Gasteiger partial charge is 0.326 e. The van der Waals surface area contributed by atoms with Crippen LogP contribution in [0.4, 0.5) is 21.9 Å².